The molecule has 1 atom stereocenters. The van der Waals surface area contributed by atoms with E-state index in [1.54, 1.807) is 0 Å². The van der Waals surface area contributed by atoms with E-state index < -0.39 is 0 Å². The van der Waals surface area contributed by atoms with Crippen LogP contribution in [0.4, 0.5) is 0 Å². The van der Waals surface area contributed by atoms with E-state index in [1.165, 1.54) is 5.57 Å². The van der Waals surface area contributed by atoms with E-state index in [-0.39, 0.29) is 18.3 Å². The second kappa shape index (κ2) is 2.40. The molecule has 0 spiro atoms. The van der Waals surface area contributed by atoms with Crippen LogP contribution in [0.3, 0.4) is 0 Å². The smallest absolute Gasteiger partial charge is 0.403 e. The Balaban J connectivity index is 2.11. The van der Waals surface area contributed by atoms with Crippen molar-refractivity contribution >= 4 is 7.12 Å². The number of rotatable bonds is 1. The lowest BCUT2D eigenvalue weighted by atomic mass is 9.82. The summed E-state index contributed by atoms with van der Waals surface area (Å²) in [6, 6.07) is 0. The van der Waals surface area contributed by atoms with Gasteiger partial charge in [0.1, 0.15) is 0 Å². The largest absolute Gasteiger partial charge is 0.465 e. The van der Waals surface area contributed by atoms with Gasteiger partial charge in [-0.05, 0) is 34.1 Å². The van der Waals surface area contributed by atoms with Crippen LogP contribution in [0.15, 0.2) is 12.2 Å². The maximum absolute atomic E-state index is 5.88. The predicted octanol–water partition coefficient (Wildman–Crippen LogP) is 2.41. The summed E-state index contributed by atoms with van der Waals surface area (Å²) in [6.07, 6.45) is 1.07. The third kappa shape index (κ3) is 1.34. The fourth-order valence-electron chi connectivity index (χ4n) is 1.57. The van der Waals surface area contributed by atoms with Crippen LogP contribution in [0.1, 0.15) is 34.1 Å². The zero-order valence-corrected chi connectivity index (χ0v) is 8.89. The minimum atomic E-state index is -0.194. The predicted molar refractivity (Wildman–Crippen MR) is 53.6 cm³/mol. The normalized spacial score (nSPS) is 35.2. The van der Waals surface area contributed by atoms with Crippen LogP contribution in [-0.2, 0) is 9.31 Å². The summed E-state index contributed by atoms with van der Waals surface area (Å²) in [5, 5.41) is 0. The maximum atomic E-state index is 5.88. The van der Waals surface area contributed by atoms with Gasteiger partial charge in [0.15, 0.2) is 0 Å². The summed E-state index contributed by atoms with van der Waals surface area (Å²) in [5.74, 6) is 0.445. The molecule has 0 bridgehead atoms. The first-order valence-electron chi connectivity index (χ1n) is 4.87. The average Bonchev–Trinajstić information content (AvgIpc) is 2.58. The van der Waals surface area contributed by atoms with Crippen LogP contribution in [-0.4, -0.2) is 18.3 Å². The quantitative estimate of drug-likeness (QED) is 0.455. The SMILES string of the molecule is C=C1CC1B1OC(C)(C)C(C)(C)O1. The molecule has 0 radical (unpaired) electrons. The summed E-state index contributed by atoms with van der Waals surface area (Å²) in [4.78, 5) is 0. The third-order valence-corrected chi connectivity index (χ3v) is 3.45. The number of hydrogen-bond acceptors (Lipinski definition) is 2. The fourth-order valence-corrected chi connectivity index (χ4v) is 1.57. The zero-order valence-electron chi connectivity index (χ0n) is 8.89. The first kappa shape index (κ1) is 9.29. The molecule has 1 aliphatic carbocycles. The Hall–Kier alpha value is -0.275. The molecule has 1 saturated heterocycles. The van der Waals surface area contributed by atoms with Gasteiger partial charge < -0.3 is 9.31 Å². The maximum Gasteiger partial charge on any atom is 0.465 e. The van der Waals surface area contributed by atoms with Gasteiger partial charge in [0.2, 0.25) is 0 Å². The van der Waals surface area contributed by atoms with Crippen molar-refractivity contribution in [1.82, 2.24) is 0 Å². The molecule has 2 aliphatic rings. The van der Waals surface area contributed by atoms with E-state index >= 15 is 0 Å². The Labute approximate surface area is 80.4 Å². The molecule has 0 N–H and O–H groups in total. The molecule has 3 heteroatoms. The van der Waals surface area contributed by atoms with Gasteiger partial charge in [-0.25, -0.2) is 0 Å². The number of allylic oxidation sites excluding steroid dienone is 1. The summed E-state index contributed by atoms with van der Waals surface area (Å²) in [6.45, 7) is 12.3. The van der Waals surface area contributed by atoms with Gasteiger partial charge in [0, 0.05) is 5.82 Å². The standard InChI is InChI=1S/C10H17BO2/c1-7-6-8(7)11-12-9(2,3)10(4,5)13-11/h8H,1,6H2,2-5H3. The molecule has 1 heterocycles. The Kier molecular flexibility index (Phi) is 1.71. The van der Waals surface area contributed by atoms with Crippen molar-refractivity contribution in [3.05, 3.63) is 12.2 Å². The van der Waals surface area contributed by atoms with Gasteiger partial charge in [0.05, 0.1) is 11.2 Å². The van der Waals surface area contributed by atoms with E-state index in [0.717, 1.165) is 6.42 Å². The topological polar surface area (TPSA) is 18.5 Å². The lowest BCUT2D eigenvalue weighted by Crippen LogP contribution is -2.41. The molecule has 13 heavy (non-hydrogen) atoms. The van der Waals surface area contributed by atoms with Crippen LogP contribution < -0.4 is 0 Å². The molecule has 1 aliphatic heterocycles. The molecule has 2 fully saturated rings. The highest BCUT2D eigenvalue weighted by Crippen LogP contribution is 2.51. The molecular formula is C10H17BO2. The van der Waals surface area contributed by atoms with Crippen molar-refractivity contribution in [1.29, 1.82) is 0 Å². The average molecular weight is 180 g/mol. The molecule has 72 valence electrons. The fraction of sp³-hybridized carbons (Fsp3) is 0.800. The second-order valence-electron chi connectivity index (χ2n) is 5.09. The Morgan fingerprint density at radius 1 is 1.23 bits per heavy atom. The highest BCUT2D eigenvalue weighted by Gasteiger charge is 2.57. The molecule has 0 amide bonds. The van der Waals surface area contributed by atoms with Gasteiger partial charge in [-0.2, -0.15) is 0 Å². The molecular weight excluding hydrogens is 163 g/mol. The monoisotopic (exact) mass is 180 g/mol. The first-order chi connectivity index (χ1) is 5.83. The molecule has 0 aromatic rings. The summed E-state index contributed by atoms with van der Waals surface area (Å²) in [7, 11) is -0.0579. The summed E-state index contributed by atoms with van der Waals surface area (Å²) < 4.78 is 11.8. The Morgan fingerprint density at radius 2 is 1.62 bits per heavy atom. The highest BCUT2D eigenvalue weighted by atomic mass is 16.7. The highest BCUT2D eigenvalue weighted by molar-refractivity contribution is 6.50. The van der Waals surface area contributed by atoms with Gasteiger partial charge >= 0.3 is 7.12 Å². The van der Waals surface area contributed by atoms with Crippen molar-refractivity contribution in [2.24, 2.45) is 0 Å². The lowest BCUT2D eigenvalue weighted by Gasteiger charge is -2.32. The van der Waals surface area contributed by atoms with Crippen LogP contribution in [0, 0.1) is 0 Å². The number of hydrogen-bond donors (Lipinski definition) is 0. The molecule has 0 aromatic heterocycles. The second-order valence-corrected chi connectivity index (χ2v) is 5.09. The molecule has 1 saturated carbocycles. The zero-order chi connectivity index (χ0) is 9.85. The van der Waals surface area contributed by atoms with E-state index in [9.17, 15) is 0 Å². The van der Waals surface area contributed by atoms with Crippen molar-refractivity contribution < 1.29 is 9.31 Å². The van der Waals surface area contributed by atoms with E-state index in [2.05, 4.69) is 34.3 Å². The molecule has 2 nitrogen and oxygen atoms in total. The minimum absolute atomic E-state index is 0.0579. The van der Waals surface area contributed by atoms with Crippen LogP contribution in [0.5, 0.6) is 0 Å². The lowest BCUT2D eigenvalue weighted by molar-refractivity contribution is 0.00578. The van der Waals surface area contributed by atoms with Crippen LogP contribution in [0.25, 0.3) is 0 Å². The van der Waals surface area contributed by atoms with Crippen molar-refractivity contribution in [3.63, 3.8) is 0 Å². The molecule has 0 aromatic carbocycles. The van der Waals surface area contributed by atoms with Crippen molar-refractivity contribution in [2.45, 2.75) is 51.1 Å². The molecule has 1 unspecified atom stereocenters. The summed E-state index contributed by atoms with van der Waals surface area (Å²) in [5.41, 5.74) is 0.875. The minimum Gasteiger partial charge on any atom is -0.403 e. The van der Waals surface area contributed by atoms with Crippen LogP contribution in [0.2, 0.25) is 5.82 Å². The van der Waals surface area contributed by atoms with Gasteiger partial charge in [-0.3, -0.25) is 0 Å². The van der Waals surface area contributed by atoms with E-state index in [4.69, 9.17) is 9.31 Å². The van der Waals surface area contributed by atoms with Crippen molar-refractivity contribution in [3.8, 4) is 0 Å². The van der Waals surface area contributed by atoms with Gasteiger partial charge in [0.25, 0.3) is 0 Å². The van der Waals surface area contributed by atoms with E-state index in [0.29, 0.717) is 5.82 Å². The van der Waals surface area contributed by atoms with Crippen LogP contribution >= 0.6 is 0 Å². The Bertz CT molecular complexity index is 242. The van der Waals surface area contributed by atoms with E-state index in [1.807, 2.05) is 0 Å². The van der Waals surface area contributed by atoms with Crippen molar-refractivity contribution in [2.75, 3.05) is 0 Å². The van der Waals surface area contributed by atoms with Gasteiger partial charge in [-0.15, -0.1) is 6.58 Å². The Morgan fingerprint density at radius 3 is 1.92 bits per heavy atom. The first-order valence-corrected chi connectivity index (χ1v) is 4.87. The van der Waals surface area contributed by atoms with Gasteiger partial charge in [-0.1, -0.05) is 5.57 Å². The third-order valence-electron chi connectivity index (χ3n) is 3.45. The summed E-state index contributed by atoms with van der Waals surface area (Å²) >= 11 is 0. The molecule has 2 rings (SSSR count).